The number of benzene rings is 1. The van der Waals surface area contributed by atoms with Crippen LogP contribution in [0.15, 0.2) is 41.4 Å². The third-order valence-electron chi connectivity index (χ3n) is 3.47. The van der Waals surface area contributed by atoms with Crippen molar-refractivity contribution in [3.63, 3.8) is 0 Å². The molecule has 0 amide bonds. The van der Waals surface area contributed by atoms with Crippen molar-refractivity contribution in [2.24, 2.45) is 0 Å². The minimum Gasteiger partial charge on any atom is -0.361 e. The number of para-hydroxylation sites is 1. The van der Waals surface area contributed by atoms with Gasteiger partial charge in [-0.25, -0.2) is 13.1 Å². The first-order chi connectivity index (χ1) is 10.9. The molecule has 4 nitrogen and oxygen atoms in total. The second-order valence-corrected chi connectivity index (χ2v) is 9.24. The summed E-state index contributed by atoms with van der Waals surface area (Å²) in [5, 5.41) is 1.09. The minimum atomic E-state index is -3.69. The van der Waals surface area contributed by atoms with Gasteiger partial charge in [-0.05, 0) is 31.0 Å². The number of aromatic nitrogens is 1. The molecule has 2 aromatic heterocycles. The third-order valence-corrected chi connectivity index (χ3v) is 6.81. The number of hydrogen-bond acceptors (Lipinski definition) is 3. The Morgan fingerprint density at radius 3 is 2.74 bits per heavy atom. The largest absolute Gasteiger partial charge is 0.361 e. The molecule has 8 heteroatoms. The SMILES string of the molecule is CC(Cc1c[nH]c2ccccc12)NS(=O)(=O)c1cc(Cl)sc1Cl. The van der Waals surface area contributed by atoms with Crippen LogP contribution in [-0.2, 0) is 16.4 Å². The summed E-state index contributed by atoms with van der Waals surface area (Å²) in [6, 6.07) is 9.00. The van der Waals surface area contributed by atoms with Crippen LogP contribution in [-0.4, -0.2) is 19.4 Å². The molecule has 1 unspecified atom stereocenters. The van der Waals surface area contributed by atoms with Crippen LogP contribution >= 0.6 is 34.5 Å². The number of hydrogen-bond donors (Lipinski definition) is 2. The molecule has 1 atom stereocenters. The average Bonchev–Trinajstić information content (AvgIpc) is 3.02. The first kappa shape index (κ1) is 16.8. The van der Waals surface area contributed by atoms with E-state index in [4.69, 9.17) is 23.2 Å². The van der Waals surface area contributed by atoms with Crippen LogP contribution in [0.5, 0.6) is 0 Å². The zero-order chi connectivity index (χ0) is 16.6. The Hall–Kier alpha value is -1.05. The second-order valence-electron chi connectivity index (χ2n) is 5.27. The van der Waals surface area contributed by atoms with Crippen LogP contribution in [0.25, 0.3) is 10.9 Å². The van der Waals surface area contributed by atoms with E-state index in [1.807, 2.05) is 37.4 Å². The van der Waals surface area contributed by atoms with Crippen molar-refractivity contribution in [1.29, 1.82) is 0 Å². The highest BCUT2D eigenvalue weighted by Gasteiger charge is 2.23. The lowest BCUT2D eigenvalue weighted by Crippen LogP contribution is -2.34. The van der Waals surface area contributed by atoms with E-state index >= 15 is 0 Å². The van der Waals surface area contributed by atoms with Gasteiger partial charge in [0.25, 0.3) is 0 Å². The van der Waals surface area contributed by atoms with Gasteiger partial charge in [0.05, 0.1) is 4.34 Å². The Kier molecular flexibility index (Phi) is 4.71. The van der Waals surface area contributed by atoms with Gasteiger partial charge in [0, 0.05) is 23.1 Å². The van der Waals surface area contributed by atoms with Gasteiger partial charge in [0.1, 0.15) is 9.23 Å². The third kappa shape index (κ3) is 3.56. The van der Waals surface area contributed by atoms with Gasteiger partial charge >= 0.3 is 0 Å². The van der Waals surface area contributed by atoms with Gasteiger partial charge in [0.15, 0.2) is 0 Å². The van der Waals surface area contributed by atoms with E-state index in [1.54, 1.807) is 0 Å². The van der Waals surface area contributed by atoms with E-state index < -0.39 is 10.0 Å². The molecule has 0 bridgehead atoms. The maximum absolute atomic E-state index is 12.4. The number of sulfonamides is 1. The lowest BCUT2D eigenvalue weighted by atomic mass is 10.1. The number of aromatic amines is 1. The van der Waals surface area contributed by atoms with E-state index in [0.29, 0.717) is 10.8 Å². The quantitative estimate of drug-likeness (QED) is 0.678. The molecule has 0 spiro atoms. The number of rotatable bonds is 5. The van der Waals surface area contributed by atoms with Crippen LogP contribution in [0.2, 0.25) is 8.67 Å². The highest BCUT2D eigenvalue weighted by molar-refractivity contribution is 7.89. The Morgan fingerprint density at radius 2 is 2.04 bits per heavy atom. The van der Waals surface area contributed by atoms with Crippen molar-refractivity contribution in [3.8, 4) is 0 Å². The van der Waals surface area contributed by atoms with Gasteiger partial charge in [-0.15, -0.1) is 11.3 Å². The molecule has 23 heavy (non-hydrogen) atoms. The molecular weight excluding hydrogens is 375 g/mol. The van der Waals surface area contributed by atoms with E-state index in [-0.39, 0.29) is 15.3 Å². The first-order valence-electron chi connectivity index (χ1n) is 6.89. The summed E-state index contributed by atoms with van der Waals surface area (Å²) in [6.07, 6.45) is 2.47. The second kappa shape index (κ2) is 6.45. The van der Waals surface area contributed by atoms with Crippen molar-refractivity contribution in [3.05, 3.63) is 50.8 Å². The number of nitrogens with one attached hydrogen (secondary N) is 2. The maximum Gasteiger partial charge on any atom is 0.243 e. The normalized spacial score (nSPS) is 13.5. The van der Waals surface area contributed by atoms with Crippen molar-refractivity contribution in [2.75, 3.05) is 0 Å². The van der Waals surface area contributed by atoms with Crippen molar-refractivity contribution in [2.45, 2.75) is 24.3 Å². The number of halogens is 2. The van der Waals surface area contributed by atoms with Gasteiger partial charge in [-0.1, -0.05) is 41.4 Å². The molecule has 3 aromatic rings. The monoisotopic (exact) mass is 388 g/mol. The summed E-state index contributed by atoms with van der Waals surface area (Å²) in [5.41, 5.74) is 2.09. The molecule has 0 saturated carbocycles. The Labute approximate surface area is 148 Å². The van der Waals surface area contributed by atoms with Gasteiger partial charge in [-0.2, -0.15) is 0 Å². The molecular formula is C15H14Cl2N2O2S2. The van der Waals surface area contributed by atoms with E-state index in [2.05, 4.69) is 9.71 Å². The van der Waals surface area contributed by atoms with Crippen molar-refractivity contribution < 1.29 is 8.42 Å². The predicted octanol–water partition coefficient (Wildman–Crippen LogP) is 4.45. The highest BCUT2D eigenvalue weighted by Crippen LogP contribution is 2.34. The topological polar surface area (TPSA) is 62.0 Å². The Morgan fingerprint density at radius 1 is 1.30 bits per heavy atom. The van der Waals surface area contributed by atoms with Crippen LogP contribution in [0, 0.1) is 0 Å². The lowest BCUT2D eigenvalue weighted by Gasteiger charge is -2.13. The standard InChI is InChI=1S/C15H14Cl2N2O2S2/c1-9(6-10-8-18-12-5-3-2-4-11(10)12)19-23(20,21)13-7-14(16)22-15(13)17/h2-5,7-9,18-19H,6H2,1H3. The Bertz CT molecular complexity index is 947. The zero-order valence-corrected chi connectivity index (χ0v) is 15.3. The zero-order valence-electron chi connectivity index (χ0n) is 12.1. The summed E-state index contributed by atoms with van der Waals surface area (Å²) in [7, 11) is -3.69. The molecule has 0 saturated heterocycles. The fraction of sp³-hybridized carbons (Fsp3) is 0.200. The number of H-pyrrole nitrogens is 1. The maximum atomic E-state index is 12.4. The summed E-state index contributed by atoms with van der Waals surface area (Å²) in [6.45, 7) is 1.82. The molecule has 3 rings (SSSR count). The fourth-order valence-corrected chi connectivity index (χ4v) is 5.90. The molecule has 0 aliphatic rings. The molecule has 0 fully saturated rings. The number of fused-ring (bicyclic) bond motifs is 1. The van der Waals surface area contributed by atoms with Crippen molar-refractivity contribution >= 4 is 55.5 Å². The fourth-order valence-electron chi connectivity index (χ4n) is 2.51. The van der Waals surface area contributed by atoms with Gasteiger partial charge in [0.2, 0.25) is 10.0 Å². The van der Waals surface area contributed by atoms with Crippen LogP contribution in [0.1, 0.15) is 12.5 Å². The first-order valence-corrected chi connectivity index (χ1v) is 9.94. The van der Waals surface area contributed by atoms with E-state index in [1.165, 1.54) is 6.07 Å². The Balaban J connectivity index is 1.79. The number of thiophene rings is 1. The predicted molar refractivity (Wildman–Crippen MR) is 96.1 cm³/mol. The smallest absolute Gasteiger partial charge is 0.243 e. The molecule has 0 radical (unpaired) electrons. The van der Waals surface area contributed by atoms with E-state index in [9.17, 15) is 8.42 Å². The summed E-state index contributed by atoms with van der Waals surface area (Å²) < 4.78 is 28.0. The molecule has 0 aliphatic heterocycles. The molecule has 2 N–H and O–H groups in total. The highest BCUT2D eigenvalue weighted by atomic mass is 35.5. The van der Waals surface area contributed by atoms with Gasteiger partial charge < -0.3 is 4.98 Å². The lowest BCUT2D eigenvalue weighted by molar-refractivity contribution is 0.560. The van der Waals surface area contributed by atoms with Crippen LogP contribution < -0.4 is 4.72 Å². The average molecular weight is 389 g/mol. The van der Waals surface area contributed by atoms with Crippen LogP contribution in [0.4, 0.5) is 0 Å². The molecule has 122 valence electrons. The van der Waals surface area contributed by atoms with Crippen molar-refractivity contribution in [1.82, 2.24) is 9.71 Å². The summed E-state index contributed by atoms with van der Waals surface area (Å²) in [4.78, 5) is 3.21. The summed E-state index contributed by atoms with van der Waals surface area (Å²) in [5.74, 6) is 0. The van der Waals surface area contributed by atoms with Crippen LogP contribution in [0.3, 0.4) is 0 Å². The van der Waals surface area contributed by atoms with Gasteiger partial charge in [-0.3, -0.25) is 0 Å². The molecule has 2 heterocycles. The van der Waals surface area contributed by atoms with E-state index in [0.717, 1.165) is 27.8 Å². The summed E-state index contributed by atoms with van der Waals surface area (Å²) >= 11 is 12.8. The molecule has 1 aromatic carbocycles. The minimum absolute atomic E-state index is 0.0277. The molecule has 0 aliphatic carbocycles.